The minimum atomic E-state index is -0.000926. The molecule has 5 heteroatoms. The molecule has 0 bridgehead atoms. The van der Waals surface area contributed by atoms with Crippen molar-refractivity contribution in [2.24, 2.45) is 0 Å². The van der Waals surface area contributed by atoms with Crippen LogP contribution < -0.4 is 0 Å². The van der Waals surface area contributed by atoms with Crippen LogP contribution >= 0.6 is 22.7 Å². The Morgan fingerprint density at radius 1 is 1.22 bits per heavy atom. The summed E-state index contributed by atoms with van der Waals surface area (Å²) in [4.78, 5) is 22.7. The maximum absolute atomic E-state index is 12.4. The van der Waals surface area contributed by atoms with E-state index >= 15 is 0 Å². The predicted octanol–water partition coefficient (Wildman–Crippen LogP) is 5.46. The lowest BCUT2D eigenvalue weighted by Gasteiger charge is -2.33. The summed E-state index contributed by atoms with van der Waals surface area (Å²) in [6.07, 6.45) is 1.42. The van der Waals surface area contributed by atoms with Gasteiger partial charge in [-0.05, 0) is 49.6 Å². The second-order valence-corrected chi connectivity index (χ2v) is 9.49. The van der Waals surface area contributed by atoms with Gasteiger partial charge in [0.25, 0.3) is 0 Å². The minimum Gasteiger partial charge on any atom is -0.333 e. The summed E-state index contributed by atoms with van der Waals surface area (Å²) in [5, 5.41) is 1.08. The van der Waals surface area contributed by atoms with Crippen LogP contribution in [0, 0.1) is 20.8 Å². The molecule has 138 valence electrons. The van der Waals surface area contributed by atoms with Crippen molar-refractivity contribution in [1.29, 1.82) is 0 Å². The Hall–Kier alpha value is -2.24. The summed E-state index contributed by atoms with van der Waals surface area (Å²) in [5.74, 6) is 0.166. The second kappa shape index (κ2) is 7.06. The Kier molecular flexibility index (Phi) is 4.74. The van der Waals surface area contributed by atoms with Gasteiger partial charge in [-0.1, -0.05) is 30.8 Å². The summed E-state index contributed by atoms with van der Waals surface area (Å²) >= 11 is 3.53. The largest absolute Gasteiger partial charge is 0.333 e. The van der Waals surface area contributed by atoms with Crippen molar-refractivity contribution in [2.75, 3.05) is 6.54 Å². The van der Waals surface area contributed by atoms with E-state index < -0.39 is 0 Å². The number of aromatic nitrogens is 1. The summed E-state index contributed by atoms with van der Waals surface area (Å²) in [6, 6.07) is 10.9. The van der Waals surface area contributed by atoms with Gasteiger partial charge in [-0.15, -0.1) is 22.7 Å². The van der Waals surface area contributed by atoms with Gasteiger partial charge in [0.15, 0.2) is 0 Å². The van der Waals surface area contributed by atoms with Crippen LogP contribution in [0.5, 0.6) is 0 Å². The summed E-state index contributed by atoms with van der Waals surface area (Å²) in [5.41, 5.74) is 4.93. The van der Waals surface area contributed by atoms with E-state index in [-0.39, 0.29) is 11.8 Å². The van der Waals surface area contributed by atoms with E-state index in [1.807, 2.05) is 4.90 Å². The Bertz CT molecular complexity index is 1030. The van der Waals surface area contributed by atoms with Crippen molar-refractivity contribution in [1.82, 2.24) is 9.88 Å². The number of carbonyl (C=O) groups is 1. The van der Waals surface area contributed by atoms with E-state index in [1.54, 1.807) is 22.7 Å². The fraction of sp³-hybridized carbons (Fsp3) is 0.273. The smallest absolute Gasteiger partial charge is 0.246 e. The molecule has 2 aromatic heterocycles. The Labute approximate surface area is 168 Å². The third kappa shape index (κ3) is 3.26. The van der Waals surface area contributed by atoms with Crippen LogP contribution in [0.1, 0.15) is 37.5 Å². The first-order valence-electron chi connectivity index (χ1n) is 9.01. The third-order valence-corrected chi connectivity index (χ3v) is 7.21. The van der Waals surface area contributed by atoms with E-state index in [1.165, 1.54) is 37.4 Å². The van der Waals surface area contributed by atoms with Crippen LogP contribution in [0.3, 0.4) is 0 Å². The maximum atomic E-state index is 12.4. The molecule has 3 nitrogen and oxygen atoms in total. The molecular formula is C22H22N2OS2. The van der Waals surface area contributed by atoms with E-state index in [0.717, 1.165) is 10.7 Å². The number of thiazole rings is 1. The number of fused-ring (bicyclic) bond motifs is 1. The SMILES string of the molecule is C=CC(=O)N1Cc2sc(C)cc2[C@@H](c2ccccc2-c2sc(C)nc2C)C1. The molecule has 0 fully saturated rings. The fourth-order valence-electron chi connectivity index (χ4n) is 3.91. The zero-order valence-electron chi connectivity index (χ0n) is 15.8. The van der Waals surface area contributed by atoms with Gasteiger partial charge in [0, 0.05) is 22.2 Å². The van der Waals surface area contributed by atoms with Crippen molar-refractivity contribution in [3.05, 3.63) is 74.6 Å². The average Bonchev–Trinajstić information content (AvgIpc) is 3.20. The molecular weight excluding hydrogens is 372 g/mol. The first-order chi connectivity index (χ1) is 13.0. The third-order valence-electron chi connectivity index (χ3n) is 5.05. The molecule has 1 aliphatic rings. The van der Waals surface area contributed by atoms with Gasteiger partial charge in [0.05, 0.1) is 22.1 Å². The molecule has 0 N–H and O–H groups in total. The van der Waals surface area contributed by atoms with E-state index in [2.05, 4.69) is 62.7 Å². The van der Waals surface area contributed by atoms with E-state index in [9.17, 15) is 4.79 Å². The first-order valence-corrected chi connectivity index (χ1v) is 10.6. The van der Waals surface area contributed by atoms with E-state index in [4.69, 9.17) is 0 Å². The summed E-state index contributed by atoms with van der Waals surface area (Å²) in [6.45, 7) is 11.3. The number of hydrogen-bond acceptors (Lipinski definition) is 4. The maximum Gasteiger partial charge on any atom is 0.246 e. The highest BCUT2D eigenvalue weighted by atomic mass is 32.1. The molecule has 0 aliphatic carbocycles. The summed E-state index contributed by atoms with van der Waals surface area (Å²) in [7, 11) is 0. The van der Waals surface area contributed by atoms with Crippen molar-refractivity contribution in [3.8, 4) is 10.4 Å². The van der Waals surface area contributed by atoms with Gasteiger partial charge >= 0.3 is 0 Å². The first kappa shape index (κ1) is 18.1. The Morgan fingerprint density at radius 2 is 2.00 bits per heavy atom. The summed E-state index contributed by atoms with van der Waals surface area (Å²) < 4.78 is 0. The van der Waals surface area contributed by atoms with Crippen LogP contribution in [0.15, 0.2) is 43.0 Å². The standard InChI is InChI=1S/C22H22N2OS2/c1-5-21(25)24-11-19(18-10-13(2)26-20(18)12-24)16-8-6-7-9-17(16)22-14(3)23-15(4)27-22/h5-10,19H,1,11-12H2,2-4H3/t19-/m1/s1. The molecule has 1 atom stereocenters. The van der Waals surface area contributed by atoms with Crippen LogP contribution in [0.4, 0.5) is 0 Å². The molecule has 3 heterocycles. The number of carbonyl (C=O) groups excluding carboxylic acids is 1. The number of rotatable bonds is 3. The second-order valence-electron chi connectivity index (χ2n) is 6.95. The monoisotopic (exact) mass is 394 g/mol. The molecule has 27 heavy (non-hydrogen) atoms. The van der Waals surface area contributed by atoms with Crippen molar-refractivity contribution in [3.63, 3.8) is 0 Å². The molecule has 1 aliphatic heterocycles. The molecule has 0 saturated heterocycles. The van der Waals surface area contributed by atoms with Gasteiger partial charge in [-0.25, -0.2) is 4.98 Å². The topological polar surface area (TPSA) is 33.2 Å². The Balaban J connectivity index is 1.86. The molecule has 0 spiro atoms. The highest BCUT2D eigenvalue weighted by Gasteiger charge is 2.31. The van der Waals surface area contributed by atoms with Gasteiger partial charge < -0.3 is 4.90 Å². The molecule has 4 rings (SSSR count). The quantitative estimate of drug-likeness (QED) is 0.553. The van der Waals surface area contributed by atoms with Crippen molar-refractivity contribution >= 4 is 28.6 Å². The normalized spacial score (nSPS) is 16.3. The number of amides is 1. The number of nitrogens with zero attached hydrogens (tertiary/aromatic N) is 2. The zero-order chi connectivity index (χ0) is 19.1. The lowest BCUT2D eigenvalue weighted by atomic mass is 9.85. The van der Waals surface area contributed by atoms with Gasteiger partial charge in [-0.3, -0.25) is 4.79 Å². The highest BCUT2D eigenvalue weighted by molar-refractivity contribution is 7.15. The Morgan fingerprint density at radius 3 is 2.70 bits per heavy atom. The number of thiophene rings is 1. The number of benzene rings is 1. The van der Waals surface area contributed by atoms with Crippen LogP contribution in [-0.2, 0) is 11.3 Å². The van der Waals surface area contributed by atoms with Gasteiger partial charge in [0.1, 0.15) is 0 Å². The molecule has 0 radical (unpaired) electrons. The van der Waals surface area contributed by atoms with Crippen LogP contribution in [0.2, 0.25) is 0 Å². The molecule has 3 aromatic rings. The van der Waals surface area contributed by atoms with Crippen molar-refractivity contribution in [2.45, 2.75) is 33.2 Å². The fourth-order valence-corrected chi connectivity index (χ4v) is 5.99. The van der Waals surface area contributed by atoms with Gasteiger partial charge in [0.2, 0.25) is 5.91 Å². The molecule has 0 saturated carbocycles. The minimum absolute atomic E-state index is 0.000926. The lowest BCUT2D eigenvalue weighted by molar-refractivity contribution is -0.127. The number of hydrogen-bond donors (Lipinski definition) is 0. The van der Waals surface area contributed by atoms with Crippen molar-refractivity contribution < 1.29 is 4.79 Å². The lowest BCUT2D eigenvalue weighted by Crippen LogP contribution is -2.37. The van der Waals surface area contributed by atoms with Crippen LogP contribution in [-0.4, -0.2) is 22.3 Å². The van der Waals surface area contributed by atoms with E-state index in [0.29, 0.717) is 13.1 Å². The highest BCUT2D eigenvalue weighted by Crippen LogP contribution is 2.43. The van der Waals surface area contributed by atoms with Gasteiger partial charge in [-0.2, -0.15) is 0 Å². The number of aryl methyl sites for hydroxylation is 3. The molecule has 1 aromatic carbocycles. The van der Waals surface area contributed by atoms with Crippen LogP contribution in [0.25, 0.3) is 10.4 Å². The average molecular weight is 395 g/mol. The molecule has 1 amide bonds. The molecule has 0 unspecified atom stereocenters. The predicted molar refractivity (Wildman–Crippen MR) is 114 cm³/mol. The zero-order valence-corrected chi connectivity index (χ0v) is 17.4.